The molecular formula is C25H22F3N5O2S. The van der Waals surface area contributed by atoms with Gasteiger partial charge in [-0.1, -0.05) is 17.4 Å². The van der Waals surface area contributed by atoms with Crippen molar-refractivity contribution in [1.29, 1.82) is 0 Å². The zero-order valence-corrected chi connectivity index (χ0v) is 20.2. The fourth-order valence-electron chi connectivity index (χ4n) is 3.10. The first-order valence-corrected chi connectivity index (χ1v) is 11.7. The van der Waals surface area contributed by atoms with Gasteiger partial charge in [0.1, 0.15) is 5.75 Å². The van der Waals surface area contributed by atoms with Gasteiger partial charge in [-0.05, 0) is 61.0 Å². The van der Waals surface area contributed by atoms with Gasteiger partial charge in [-0.25, -0.2) is 14.8 Å². The number of rotatable bonds is 7. The lowest BCUT2D eigenvalue weighted by Crippen LogP contribution is -2.19. The smallest absolute Gasteiger partial charge is 0.416 e. The number of hydrogen-bond donors (Lipinski definition) is 2. The molecule has 2 aromatic heterocycles. The number of carbonyl (C=O) groups is 1. The molecule has 0 atom stereocenters. The van der Waals surface area contributed by atoms with Crippen LogP contribution in [0.5, 0.6) is 11.6 Å². The summed E-state index contributed by atoms with van der Waals surface area (Å²) in [4.78, 5) is 23.9. The van der Waals surface area contributed by atoms with Gasteiger partial charge in [0, 0.05) is 31.5 Å². The summed E-state index contributed by atoms with van der Waals surface area (Å²) in [5.41, 5.74) is 0.540. The number of hydrogen-bond acceptors (Lipinski definition) is 6. The molecule has 0 aliphatic heterocycles. The Morgan fingerprint density at radius 1 is 1.00 bits per heavy atom. The third-order valence-corrected chi connectivity index (χ3v) is 6.26. The standard InChI is InChI=1S/C25H22F3N5O2S/c1-3-33(2)24-30-15-21(36-24)16-7-10-20(11-8-16)35-22-12-9-19(14-29-22)32-23(34)31-18-6-4-5-17(13-18)25(26,27)28/h4-15H,3H2,1-2H3,(H2,31,32,34). The predicted octanol–water partition coefficient (Wildman–Crippen LogP) is 7.12. The fraction of sp³-hybridized carbons (Fsp3) is 0.160. The van der Waals surface area contributed by atoms with Crippen molar-refractivity contribution in [2.45, 2.75) is 13.1 Å². The van der Waals surface area contributed by atoms with Crippen molar-refractivity contribution in [1.82, 2.24) is 9.97 Å². The Morgan fingerprint density at radius 2 is 1.75 bits per heavy atom. The lowest BCUT2D eigenvalue weighted by atomic mass is 10.2. The summed E-state index contributed by atoms with van der Waals surface area (Å²) in [7, 11) is 2.00. The average Bonchev–Trinajstić information content (AvgIpc) is 3.35. The monoisotopic (exact) mass is 513 g/mol. The molecule has 2 aromatic carbocycles. The highest BCUT2D eigenvalue weighted by Gasteiger charge is 2.30. The van der Waals surface area contributed by atoms with E-state index < -0.39 is 17.8 Å². The first kappa shape index (κ1) is 25.0. The zero-order valence-electron chi connectivity index (χ0n) is 19.3. The lowest BCUT2D eigenvalue weighted by molar-refractivity contribution is -0.137. The molecule has 186 valence electrons. The molecule has 2 heterocycles. The van der Waals surface area contributed by atoms with Crippen LogP contribution in [0, 0.1) is 0 Å². The van der Waals surface area contributed by atoms with Gasteiger partial charge in [-0.2, -0.15) is 13.2 Å². The number of amides is 2. The highest BCUT2D eigenvalue weighted by Crippen LogP contribution is 2.33. The minimum absolute atomic E-state index is 0.0191. The molecule has 36 heavy (non-hydrogen) atoms. The van der Waals surface area contributed by atoms with Gasteiger partial charge in [0.05, 0.1) is 22.3 Å². The van der Waals surface area contributed by atoms with Gasteiger partial charge in [0.25, 0.3) is 0 Å². The number of alkyl halides is 3. The van der Waals surface area contributed by atoms with Gasteiger partial charge in [0.15, 0.2) is 5.13 Å². The van der Waals surface area contributed by atoms with Crippen molar-refractivity contribution in [3.05, 3.63) is 78.6 Å². The molecule has 2 amide bonds. The van der Waals surface area contributed by atoms with Crippen LogP contribution < -0.4 is 20.3 Å². The summed E-state index contributed by atoms with van der Waals surface area (Å²) in [6.07, 6.45) is -1.26. The fourth-order valence-corrected chi connectivity index (χ4v) is 4.05. The number of nitrogens with one attached hydrogen (secondary N) is 2. The van der Waals surface area contributed by atoms with E-state index in [2.05, 4.69) is 32.4 Å². The summed E-state index contributed by atoms with van der Waals surface area (Å²) < 4.78 is 44.3. The van der Waals surface area contributed by atoms with Crippen LogP contribution in [0.4, 0.5) is 34.5 Å². The second kappa shape index (κ2) is 10.6. The Labute approximate surface area is 209 Å². The van der Waals surface area contributed by atoms with Crippen LogP contribution in [0.2, 0.25) is 0 Å². The van der Waals surface area contributed by atoms with Crippen LogP contribution in [0.15, 0.2) is 73.1 Å². The summed E-state index contributed by atoms with van der Waals surface area (Å²) in [6.45, 7) is 2.95. The Balaban J connectivity index is 1.33. The Bertz CT molecular complexity index is 1320. The molecule has 0 fully saturated rings. The van der Waals surface area contributed by atoms with E-state index in [1.54, 1.807) is 23.5 Å². The first-order valence-electron chi connectivity index (χ1n) is 10.9. The van der Waals surface area contributed by atoms with Crippen molar-refractivity contribution < 1.29 is 22.7 Å². The molecule has 0 saturated heterocycles. The summed E-state index contributed by atoms with van der Waals surface area (Å²) in [6, 6.07) is 14.4. The highest BCUT2D eigenvalue weighted by molar-refractivity contribution is 7.18. The van der Waals surface area contributed by atoms with E-state index in [0.717, 1.165) is 34.2 Å². The minimum atomic E-state index is -4.50. The first-order chi connectivity index (χ1) is 17.2. The number of benzene rings is 2. The SMILES string of the molecule is CCN(C)c1ncc(-c2ccc(Oc3ccc(NC(=O)Nc4cccc(C(F)(F)F)c4)cn3)cc2)s1. The van der Waals surface area contributed by atoms with Crippen LogP contribution in [0.25, 0.3) is 10.4 Å². The third kappa shape index (κ3) is 6.30. The normalized spacial score (nSPS) is 11.1. The molecule has 0 spiro atoms. The maximum absolute atomic E-state index is 12.8. The second-order valence-electron chi connectivity index (χ2n) is 7.69. The number of thiazole rings is 1. The van der Waals surface area contributed by atoms with Gasteiger partial charge >= 0.3 is 12.2 Å². The van der Waals surface area contributed by atoms with Crippen LogP contribution in [0.1, 0.15) is 12.5 Å². The molecule has 11 heteroatoms. The van der Waals surface area contributed by atoms with E-state index in [0.29, 0.717) is 17.3 Å². The Morgan fingerprint density at radius 3 is 2.42 bits per heavy atom. The molecule has 4 rings (SSSR count). The second-order valence-corrected chi connectivity index (χ2v) is 8.70. The highest BCUT2D eigenvalue weighted by atomic mass is 32.1. The lowest BCUT2D eigenvalue weighted by Gasteiger charge is -2.11. The van der Waals surface area contributed by atoms with E-state index in [9.17, 15) is 18.0 Å². The van der Waals surface area contributed by atoms with Crippen LogP contribution in [0.3, 0.4) is 0 Å². The van der Waals surface area contributed by atoms with Gasteiger partial charge in [-0.15, -0.1) is 0 Å². The largest absolute Gasteiger partial charge is 0.439 e. The molecule has 0 saturated carbocycles. The number of pyridine rings is 1. The molecule has 0 bridgehead atoms. The van der Waals surface area contributed by atoms with Gasteiger partial charge in [-0.3, -0.25) is 0 Å². The maximum Gasteiger partial charge on any atom is 0.416 e. The van der Waals surface area contributed by atoms with Crippen LogP contribution in [-0.2, 0) is 6.18 Å². The quantitative estimate of drug-likeness (QED) is 0.275. The number of aromatic nitrogens is 2. The van der Waals surface area contributed by atoms with E-state index in [1.165, 1.54) is 18.3 Å². The number of carbonyl (C=O) groups excluding carboxylic acids is 1. The van der Waals surface area contributed by atoms with E-state index in [4.69, 9.17) is 4.74 Å². The average molecular weight is 514 g/mol. The topological polar surface area (TPSA) is 79.4 Å². The maximum atomic E-state index is 12.8. The summed E-state index contributed by atoms with van der Waals surface area (Å²) in [5, 5.41) is 5.85. The van der Waals surface area contributed by atoms with Crippen molar-refractivity contribution in [2.75, 3.05) is 29.1 Å². The number of urea groups is 1. The van der Waals surface area contributed by atoms with Gasteiger partial charge < -0.3 is 20.3 Å². The van der Waals surface area contributed by atoms with E-state index in [1.807, 2.05) is 37.5 Å². The molecule has 0 radical (unpaired) electrons. The van der Waals surface area contributed by atoms with Crippen LogP contribution >= 0.6 is 11.3 Å². The molecule has 2 N–H and O–H groups in total. The van der Waals surface area contributed by atoms with Crippen molar-refractivity contribution >= 4 is 33.9 Å². The Kier molecular flexibility index (Phi) is 7.39. The van der Waals surface area contributed by atoms with Crippen molar-refractivity contribution in [3.8, 4) is 22.1 Å². The van der Waals surface area contributed by atoms with E-state index >= 15 is 0 Å². The number of nitrogens with zero attached hydrogens (tertiary/aromatic N) is 3. The van der Waals surface area contributed by atoms with Crippen molar-refractivity contribution in [2.24, 2.45) is 0 Å². The molecule has 0 aliphatic carbocycles. The number of anilines is 3. The molecular weight excluding hydrogens is 491 g/mol. The summed E-state index contributed by atoms with van der Waals surface area (Å²) in [5.74, 6) is 0.904. The zero-order chi connectivity index (χ0) is 25.7. The molecule has 0 unspecified atom stereocenters. The minimum Gasteiger partial charge on any atom is -0.439 e. The van der Waals surface area contributed by atoms with Crippen LogP contribution in [-0.4, -0.2) is 29.6 Å². The predicted molar refractivity (Wildman–Crippen MR) is 135 cm³/mol. The summed E-state index contributed by atoms with van der Waals surface area (Å²) >= 11 is 1.61. The van der Waals surface area contributed by atoms with Crippen molar-refractivity contribution in [3.63, 3.8) is 0 Å². The van der Waals surface area contributed by atoms with Gasteiger partial charge in [0.2, 0.25) is 5.88 Å². The molecule has 4 aromatic rings. The third-order valence-electron chi connectivity index (χ3n) is 5.10. The molecule has 7 nitrogen and oxygen atoms in total. The Hall–Kier alpha value is -4.12. The molecule has 0 aliphatic rings. The number of halogens is 3. The van der Waals surface area contributed by atoms with E-state index in [-0.39, 0.29) is 5.69 Å². The number of ether oxygens (including phenoxy) is 1.